The molecule has 4 nitrogen and oxygen atoms in total. The van der Waals surface area contributed by atoms with Crippen LogP contribution in [0.2, 0.25) is 0 Å². The summed E-state index contributed by atoms with van der Waals surface area (Å²) in [6.07, 6.45) is 1.52. The Morgan fingerprint density at radius 3 is 2.71 bits per heavy atom. The molecule has 0 saturated heterocycles. The van der Waals surface area contributed by atoms with E-state index in [0.29, 0.717) is 29.4 Å². The number of nitrogens with two attached hydrogens (primary N) is 1. The van der Waals surface area contributed by atoms with Gasteiger partial charge in [-0.1, -0.05) is 19.1 Å². The summed E-state index contributed by atoms with van der Waals surface area (Å²) in [4.78, 5) is 14.4. The number of hydrogen-bond acceptors (Lipinski definition) is 3. The van der Waals surface area contributed by atoms with Gasteiger partial charge in [0.05, 0.1) is 16.8 Å². The molecule has 1 heterocycles. The zero-order chi connectivity index (χ0) is 13.0. The van der Waals surface area contributed by atoms with Crippen LogP contribution in [0.1, 0.15) is 30.0 Å². The van der Waals surface area contributed by atoms with E-state index in [-0.39, 0.29) is 11.8 Å². The second-order valence-corrected chi connectivity index (χ2v) is 4.51. The quantitative estimate of drug-likeness (QED) is 0.816. The third-order valence-corrected chi connectivity index (χ3v) is 3.14. The Morgan fingerprint density at radius 2 is 2.29 bits per heavy atom. The molecule has 0 aliphatic heterocycles. The van der Waals surface area contributed by atoms with Crippen molar-refractivity contribution >= 4 is 23.1 Å². The summed E-state index contributed by atoms with van der Waals surface area (Å²) in [5, 5.41) is 0. The van der Waals surface area contributed by atoms with E-state index in [4.69, 9.17) is 22.4 Å². The largest absolute Gasteiger partial charge is 0.469 e. The van der Waals surface area contributed by atoms with Crippen molar-refractivity contribution in [3.8, 4) is 0 Å². The number of nitrogens with zero attached hydrogens (tertiary/aromatic N) is 1. The fraction of sp³-hybridized carbons (Fsp3) is 0.500. The lowest BCUT2D eigenvalue weighted by molar-refractivity contribution is 0.0753. The average Bonchev–Trinajstić information content (AvgIpc) is 2.70. The minimum Gasteiger partial charge on any atom is -0.469 e. The number of hydrogen-bond donors (Lipinski definition) is 1. The number of thiocarbonyl (C=S) groups is 1. The normalized spacial score (nSPS) is 12.2. The van der Waals surface area contributed by atoms with Crippen LogP contribution in [0.25, 0.3) is 0 Å². The van der Waals surface area contributed by atoms with Gasteiger partial charge in [-0.25, -0.2) is 0 Å². The van der Waals surface area contributed by atoms with Crippen molar-refractivity contribution in [1.29, 1.82) is 0 Å². The van der Waals surface area contributed by atoms with Crippen molar-refractivity contribution in [2.75, 3.05) is 13.1 Å². The van der Waals surface area contributed by atoms with Crippen molar-refractivity contribution in [3.63, 3.8) is 0 Å². The first-order valence-electron chi connectivity index (χ1n) is 5.60. The molecule has 0 aliphatic rings. The van der Waals surface area contributed by atoms with Crippen LogP contribution in [0.5, 0.6) is 0 Å². The van der Waals surface area contributed by atoms with Crippen LogP contribution in [0.3, 0.4) is 0 Å². The number of amides is 1. The van der Waals surface area contributed by atoms with Crippen LogP contribution in [-0.2, 0) is 0 Å². The van der Waals surface area contributed by atoms with Crippen LogP contribution >= 0.6 is 12.2 Å². The number of aryl methyl sites for hydroxylation is 1. The van der Waals surface area contributed by atoms with E-state index in [1.54, 1.807) is 17.9 Å². The summed E-state index contributed by atoms with van der Waals surface area (Å²) in [7, 11) is 0. The van der Waals surface area contributed by atoms with Crippen molar-refractivity contribution < 1.29 is 9.21 Å². The molecule has 1 rings (SSSR count). The summed E-state index contributed by atoms with van der Waals surface area (Å²) in [5.74, 6) is 0.611. The standard InChI is InChI=1S/C12H18N2O2S/c1-4-14(7-8(2)11(13)17)12(15)10-5-6-16-9(10)3/h5-6,8H,4,7H2,1-3H3,(H2,13,17). The van der Waals surface area contributed by atoms with E-state index in [1.165, 1.54) is 6.26 Å². The predicted molar refractivity (Wildman–Crippen MR) is 71.0 cm³/mol. The van der Waals surface area contributed by atoms with E-state index in [2.05, 4.69) is 0 Å². The van der Waals surface area contributed by atoms with Crippen molar-refractivity contribution in [2.24, 2.45) is 11.7 Å². The molecule has 1 aromatic heterocycles. The molecule has 0 bridgehead atoms. The lowest BCUT2D eigenvalue weighted by Crippen LogP contribution is -2.38. The Labute approximate surface area is 107 Å². The van der Waals surface area contributed by atoms with Crippen molar-refractivity contribution in [2.45, 2.75) is 20.8 Å². The monoisotopic (exact) mass is 254 g/mol. The molecule has 0 saturated carbocycles. The molecule has 1 amide bonds. The lowest BCUT2D eigenvalue weighted by Gasteiger charge is -2.23. The second kappa shape index (κ2) is 5.82. The van der Waals surface area contributed by atoms with Gasteiger partial charge in [-0.3, -0.25) is 4.79 Å². The van der Waals surface area contributed by atoms with Gasteiger partial charge in [0.15, 0.2) is 0 Å². The van der Waals surface area contributed by atoms with Gasteiger partial charge in [-0.15, -0.1) is 0 Å². The maximum Gasteiger partial charge on any atom is 0.257 e. The number of furan rings is 1. The van der Waals surface area contributed by atoms with Gasteiger partial charge in [-0.2, -0.15) is 0 Å². The number of rotatable bonds is 5. The predicted octanol–water partition coefficient (Wildman–Crippen LogP) is 1.97. The SMILES string of the molecule is CCN(CC(C)C(N)=S)C(=O)c1ccoc1C. The molecule has 94 valence electrons. The first-order chi connectivity index (χ1) is 7.97. The van der Waals surface area contributed by atoms with Crippen LogP contribution in [0.15, 0.2) is 16.7 Å². The molecular formula is C12H18N2O2S. The fourth-order valence-electron chi connectivity index (χ4n) is 1.55. The average molecular weight is 254 g/mol. The van der Waals surface area contributed by atoms with Crippen molar-refractivity contribution in [1.82, 2.24) is 4.90 Å². The fourth-order valence-corrected chi connectivity index (χ4v) is 1.63. The zero-order valence-electron chi connectivity index (χ0n) is 10.4. The maximum absolute atomic E-state index is 12.2. The third-order valence-electron chi connectivity index (χ3n) is 2.74. The van der Waals surface area contributed by atoms with Gasteiger partial charge in [0, 0.05) is 19.0 Å². The van der Waals surface area contributed by atoms with E-state index in [1.807, 2.05) is 13.8 Å². The molecule has 0 spiro atoms. The molecule has 2 N–H and O–H groups in total. The summed E-state index contributed by atoms with van der Waals surface area (Å²) >= 11 is 4.92. The molecule has 0 fully saturated rings. The molecule has 1 aromatic rings. The first-order valence-corrected chi connectivity index (χ1v) is 6.00. The summed E-state index contributed by atoms with van der Waals surface area (Å²) in [6, 6.07) is 1.69. The number of carbonyl (C=O) groups is 1. The Morgan fingerprint density at radius 1 is 1.65 bits per heavy atom. The highest BCUT2D eigenvalue weighted by Gasteiger charge is 2.20. The van der Waals surface area contributed by atoms with Gasteiger partial charge in [-0.05, 0) is 19.9 Å². The molecule has 0 aliphatic carbocycles. The van der Waals surface area contributed by atoms with Crippen LogP contribution < -0.4 is 5.73 Å². The molecule has 1 atom stereocenters. The molecule has 17 heavy (non-hydrogen) atoms. The third kappa shape index (κ3) is 3.30. The van der Waals surface area contributed by atoms with E-state index in [9.17, 15) is 4.79 Å². The minimum atomic E-state index is -0.0400. The van der Waals surface area contributed by atoms with Gasteiger partial charge < -0.3 is 15.1 Å². The first kappa shape index (κ1) is 13.7. The summed E-state index contributed by atoms with van der Waals surface area (Å²) < 4.78 is 5.13. The summed E-state index contributed by atoms with van der Waals surface area (Å²) in [5.41, 5.74) is 6.16. The van der Waals surface area contributed by atoms with Gasteiger partial charge >= 0.3 is 0 Å². The van der Waals surface area contributed by atoms with Gasteiger partial charge in [0.25, 0.3) is 5.91 Å². The van der Waals surface area contributed by atoms with Crippen LogP contribution in [0.4, 0.5) is 0 Å². The van der Waals surface area contributed by atoms with E-state index >= 15 is 0 Å². The van der Waals surface area contributed by atoms with Crippen LogP contribution in [0, 0.1) is 12.8 Å². The molecule has 5 heteroatoms. The Kier molecular flexibility index (Phi) is 4.69. The second-order valence-electron chi connectivity index (χ2n) is 4.04. The highest BCUT2D eigenvalue weighted by molar-refractivity contribution is 7.80. The smallest absolute Gasteiger partial charge is 0.257 e. The Balaban J connectivity index is 2.78. The van der Waals surface area contributed by atoms with Crippen LogP contribution in [-0.4, -0.2) is 28.9 Å². The Hall–Kier alpha value is -1.36. The zero-order valence-corrected chi connectivity index (χ0v) is 11.2. The molecule has 0 radical (unpaired) electrons. The van der Waals surface area contributed by atoms with Crippen molar-refractivity contribution in [3.05, 3.63) is 23.7 Å². The minimum absolute atomic E-state index is 0.0149. The van der Waals surface area contributed by atoms with Gasteiger partial charge in [0.2, 0.25) is 0 Å². The van der Waals surface area contributed by atoms with E-state index < -0.39 is 0 Å². The highest BCUT2D eigenvalue weighted by Crippen LogP contribution is 2.13. The Bertz CT molecular complexity index is 414. The lowest BCUT2D eigenvalue weighted by atomic mass is 10.1. The summed E-state index contributed by atoms with van der Waals surface area (Å²) in [6.45, 7) is 6.78. The topological polar surface area (TPSA) is 59.5 Å². The van der Waals surface area contributed by atoms with Gasteiger partial charge in [0.1, 0.15) is 5.76 Å². The molecular weight excluding hydrogens is 236 g/mol. The molecule has 0 aromatic carbocycles. The molecule has 1 unspecified atom stereocenters. The highest BCUT2D eigenvalue weighted by atomic mass is 32.1. The van der Waals surface area contributed by atoms with E-state index in [0.717, 1.165) is 0 Å². The maximum atomic E-state index is 12.2. The number of carbonyl (C=O) groups excluding carboxylic acids is 1.